The molecule has 5 heteroatoms. The Kier molecular flexibility index (Phi) is 2.18. The van der Waals surface area contributed by atoms with Crippen molar-refractivity contribution in [2.24, 2.45) is 0 Å². The second-order valence-electron chi connectivity index (χ2n) is 3.36. The van der Waals surface area contributed by atoms with Gasteiger partial charge < -0.3 is 0 Å². The Morgan fingerprint density at radius 3 is 2.62 bits per heavy atom. The van der Waals surface area contributed by atoms with Crippen molar-refractivity contribution in [3.8, 4) is 11.3 Å². The molecule has 0 saturated heterocycles. The Balaban J connectivity index is 2.14. The molecule has 0 aliphatic heterocycles. The van der Waals surface area contributed by atoms with E-state index in [4.69, 9.17) is 0 Å². The van der Waals surface area contributed by atoms with Crippen LogP contribution in [0.15, 0.2) is 47.2 Å². The molecule has 0 radical (unpaired) electrons. The number of aromatic nitrogens is 4. The van der Waals surface area contributed by atoms with E-state index in [-0.39, 0.29) is 0 Å². The molecule has 0 aliphatic carbocycles. The van der Waals surface area contributed by atoms with Gasteiger partial charge in [-0.1, -0.05) is 28.1 Å². The first-order valence-corrected chi connectivity index (χ1v) is 5.55. The van der Waals surface area contributed by atoms with Gasteiger partial charge in [0.2, 0.25) is 0 Å². The Bertz CT molecular complexity index is 630. The fourth-order valence-electron chi connectivity index (χ4n) is 1.50. The van der Waals surface area contributed by atoms with E-state index >= 15 is 0 Å². The van der Waals surface area contributed by atoms with Gasteiger partial charge in [-0.3, -0.25) is 0 Å². The minimum absolute atomic E-state index is 0.751. The van der Waals surface area contributed by atoms with Crippen LogP contribution in [0.2, 0.25) is 0 Å². The molecule has 3 aromatic rings. The van der Waals surface area contributed by atoms with Crippen molar-refractivity contribution >= 4 is 21.6 Å². The summed E-state index contributed by atoms with van der Waals surface area (Å²) in [4.78, 5) is 0. The maximum absolute atomic E-state index is 4.41. The fraction of sp³-hybridized carbons (Fsp3) is 0. The first-order valence-electron chi connectivity index (χ1n) is 4.76. The molecule has 0 atom stereocenters. The van der Waals surface area contributed by atoms with E-state index in [1.165, 1.54) is 0 Å². The molecule has 2 heterocycles. The van der Waals surface area contributed by atoms with E-state index in [0.717, 1.165) is 21.4 Å². The molecular formula is C11H7BrN4. The van der Waals surface area contributed by atoms with Crippen molar-refractivity contribution in [1.82, 2.24) is 19.8 Å². The van der Waals surface area contributed by atoms with Crippen LogP contribution in [0.25, 0.3) is 16.9 Å². The lowest BCUT2D eigenvalue weighted by Crippen LogP contribution is -1.92. The highest BCUT2D eigenvalue weighted by atomic mass is 79.9. The van der Waals surface area contributed by atoms with E-state index < -0.39 is 0 Å². The highest BCUT2D eigenvalue weighted by Gasteiger charge is 2.01. The molecule has 0 aliphatic rings. The lowest BCUT2D eigenvalue weighted by atomic mass is 10.1. The zero-order valence-corrected chi connectivity index (χ0v) is 9.79. The van der Waals surface area contributed by atoms with Gasteiger partial charge in [-0.2, -0.15) is 9.61 Å². The zero-order valence-electron chi connectivity index (χ0n) is 8.21. The quantitative estimate of drug-likeness (QED) is 0.685. The highest BCUT2D eigenvalue weighted by Crippen LogP contribution is 2.19. The van der Waals surface area contributed by atoms with Gasteiger partial charge in [0.1, 0.15) is 6.33 Å². The topological polar surface area (TPSA) is 43.1 Å². The largest absolute Gasteiger partial charge is 0.200 e. The third-order valence-electron chi connectivity index (χ3n) is 2.30. The van der Waals surface area contributed by atoms with Crippen molar-refractivity contribution in [2.75, 3.05) is 0 Å². The van der Waals surface area contributed by atoms with Crippen LogP contribution in [0.1, 0.15) is 0 Å². The smallest absolute Gasteiger partial charge is 0.177 e. The molecule has 0 amide bonds. The van der Waals surface area contributed by atoms with Crippen LogP contribution in [0.5, 0.6) is 0 Å². The van der Waals surface area contributed by atoms with Crippen LogP contribution in [0.4, 0.5) is 0 Å². The summed E-state index contributed by atoms with van der Waals surface area (Å²) in [5, 5.41) is 12.1. The SMILES string of the molecule is Brc1ccc(-c2ccc3nncn3n2)cc1. The summed E-state index contributed by atoms with van der Waals surface area (Å²) in [5.74, 6) is 0. The van der Waals surface area contributed by atoms with Crippen LogP contribution >= 0.6 is 15.9 Å². The number of rotatable bonds is 1. The molecule has 1 aromatic carbocycles. The van der Waals surface area contributed by atoms with Gasteiger partial charge in [0, 0.05) is 10.0 Å². The average Bonchev–Trinajstić information content (AvgIpc) is 2.77. The number of benzene rings is 1. The van der Waals surface area contributed by atoms with E-state index in [1.54, 1.807) is 10.8 Å². The molecule has 0 fully saturated rings. The average molecular weight is 275 g/mol. The van der Waals surface area contributed by atoms with E-state index in [2.05, 4.69) is 31.2 Å². The summed E-state index contributed by atoms with van der Waals surface area (Å²) >= 11 is 3.41. The van der Waals surface area contributed by atoms with Crippen molar-refractivity contribution in [2.45, 2.75) is 0 Å². The van der Waals surface area contributed by atoms with Crippen LogP contribution in [-0.4, -0.2) is 19.8 Å². The third-order valence-corrected chi connectivity index (χ3v) is 2.83. The minimum Gasteiger partial charge on any atom is -0.200 e. The molecule has 0 saturated carbocycles. The summed E-state index contributed by atoms with van der Waals surface area (Å²) in [6.07, 6.45) is 1.59. The van der Waals surface area contributed by atoms with Crippen molar-refractivity contribution < 1.29 is 0 Å². The van der Waals surface area contributed by atoms with E-state index in [0.29, 0.717) is 0 Å². The van der Waals surface area contributed by atoms with E-state index in [9.17, 15) is 0 Å². The van der Waals surface area contributed by atoms with Gasteiger partial charge in [-0.15, -0.1) is 10.2 Å². The number of nitrogens with zero attached hydrogens (tertiary/aromatic N) is 4. The Labute approximate surface area is 100 Å². The van der Waals surface area contributed by atoms with Crippen molar-refractivity contribution in [3.63, 3.8) is 0 Å². The predicted molar refractivity (Wildman–Crippen MR) is 63.9 cm³/mol. The van der Waals surface area contributed by atoms with Crippen LogP contribution in [0, 0.1) is 0 Å². The summed E-state index contributed by atoms with van der Waals surface area (Å²) in [7, 11) is 0. The first-order chi connectivity index (χ1) is 7.83. The maximum atomic E-state index is 4.41. The normalized spacial score (nSPS) is 10.8. The third kappa shape index (κ3) is 1.59. The molecule has 0 unspecified atom stereocenters. The summed E-state index contributed by atoms with van der Waals surface area (Å²) in [5.41, 5.74) is 2.72. The van der Waals surface area contributed by atoms with Crippen LogP contribution in [-0.2, 0) is 0 Å². The van der Waals surface area contributed by atoms with Crippen molar-refractivity contribution in [1.29, 1.82) is 0 Å². The molecule has 78 valence electrons. The van der Waals surface area contributed by atoms with Crippen LogP contribution in [0.3, 0.4) is 0 Å². The zero-order chi connectivity index (χ0) is 11.0. The van der Waals surface area contributed by atoms with Gasteiger partial charge in [-0.25, -0.2) is 0 Å². The number of hydrogen-bond donors (Lipinski definition) is 0. The van der Waals surface area contributed by atoms with Crippen LogP contribution < -0.4 is 0 Å². The van der Waals surface area contributed by atoms with E-state index in [1.807, 2.05) is 36.4 Å². The van der Waals surface area contributed by atoms with Crippen molar-refractivity contribution in [3.05, 3.63) is 47.2 Å². The second-order valence-corrected chi connectivity index (χ2v) is 4.27. The molecule has 3 rings (SSSR count). The standard InChI is InChI=1S/C11H7BrN4/c12-9-3-1-8(2-4-9)10-5-6-11-14-13-7-16(11)15-10/h1-7H. The van der Waals surface area contributed by atoms with Gasteiger partial charge in [0.15, 0.2) is 5.65 Å². The number of fused-ring (bicyclic) bond motifs is 1. The summed E-state index contributed by atoms with van der Waals surface area (Å²) in [6.45, 7) is 0. The van der Waals surface area contributed by atoms with Gasteiger partial charge in [-0.05, 0) is 24.3 Å². The molecule has 0 N–H and O–H groups in total. The Morgan fingerprint density at radius 2 is 1.81 bits per heavy atom. The second kappa shape index (κ2) is 3.68. The molecule has 2 aromatic heterocycles. The van der Waals surface area contributed by atoms with Gasteiger partial charge in [0.05, 0.1) is 5.69 Å². The molecule has 0 spiro atoms. The summed E-state index contributed by atoms with van der Waals surface area (Å²) < 4.78 is 2.72. The molecule has 0 bridgehead atoms. The fourth-order valence-corrected chi connectivity index (χ4v) is 1.77. The molecule has 16 heavy (non-hydrogen) atoms. The first kappa shape index (κ1) is 9.47. The minimum atomic E-state index is 0.751. The molecule has 4 nitrogen and oxygen atoms in total. The Morgan fingerprint density at radius 1 is 1.00 bits per heavy atom. The molecular weight excluding hydrogens is 268 g/mol. The monoisotopic (exact) mass is 274 g/mol. The predicted octanol–water partition coefficient (Wildman–Crippen LogP) is 2.55. The lowest BCUT2D eigenvalue weighted by molar-refractivity contribution is 0.932. The Hall–Kier alpha value is -1.75. The number of halogens is 1. The number of hydrogen-bond acceptors (Lipinski definition) is 3. The maximum Gasteiger partial charge on any atom is 0.177 e. The van der Waals surface area contributed by atoms with Gasteiger partial charge >= 0.3 is 0 Å². The highest BCUT2D eigenvalue weighted by molar-refractivity contribution is 9.10. The lowest BCUT2D eigenvalue weighted by Gasteiger charge is -2.00. The van der Waals surface area contributed by atoms with Gasteiger partial charge in [0.25, 0.3) is 0 Å². The summed E-state index contributed by atoms with van der Waals surface area (Å²) in [6, 6.07) is 11.9.